The predicted molar refractivity (Wildman–Crippen MR) is 46.9 cm³/mol. The summed E-state index contributed by atoms with van der Waals surface area (Å²) in [5.74, 6) is 1.29. The molecule has 0 radical (unpaired) electrons. The van der Waals surface area contributed by atoms with Gasteiger partial charge in [0.2, 0.25) is 5.89 Å². The number of aromatic nitrogens is 2. The van der Waals surface area contributed by atoms with E-state index in [1.54, 1.807) is 0 Å². The molecule has 5 heteroatoms. The quantitative estimate of drug-likeness (QED) is 0.678. The van der Waals surface area contributed by atoms with Crippen LogP contribution in [0.5, 0.6) is 0 Å². The van der Waals surface area contributed by atoms with Crippen molar-refractivity contribution in [1.82, 2.24) is 15.5 Å². The van der Waals surface area contributed by atoms with Crippen molar-refractivity contribution in [2.75, 3.05) is 6.54 Å². The molecule has 13 heavy (non-hydrogen) atoms. The van der Waals surface area contributed by atoms with E-state index < -0.39 is 0 Å². The van der Waals surface area contributed by atoms with Crippen molar-refractivity contribution in [2.24, 2.45) is 5.73 Å². The fourth-order valence-corrected chi connectivity index (χ4v) is 1.60. The smallest absolute Gasteiger partial charge is 0.228 e. The van der Waals surface area contributed by atoms with E-state index in [1.807, 2.05) is 0 Å². The Labute approximate surface area is 76.7 Å². The van der Waals surface area contributed by atoms with Gasteiger partial charge >= 0.3 is 0 Å². The zero-order valence-corrected chi connectivity index (χ0v) is 7.49. The van der Waals surface area contributed by atoms with Crippen molar-refractivity contribution >= 4 is 0 Å². The lowest BCUT2D eigenvalue weighted by molar-refractivity contribution is 0.360. The topological polar surface area (TPSA) is 77.0 Å². The van der Waals surface area contributed by atoms with Gasteiger partial charge in [-0.2, -0.15) is 4.98 Å². The van der Waals surface area contributed by atoms with Crippen molar-refractivity contribution in [3.63, 3.8) is 0 Å². The van der Waals surface area contributed by atoms with E-state index in [0.717, 1.165) is 13.0 Å². The van der Waals surface area contributed by atoms with E-state index in [-0.39, 0.29) is 0 Å². The van der Waals surface area contributed by atoms with Crippen LogP contribution in [0.25, 0.3) is 0 Å². The SMILES string of the molecule is NCc1noc(CC2CCCN2)n1. The van der Waals surface area contributed by atoms with Crippen LogP contribution in [0.3, 0.4) is 0 Å². The number of nitrogens with one attached hydrogen (secondary N) is 1. The molecule has 1 aliphatic heterocycles. The molecule has 1 aliphatic rings. The first kappa shape index (κ1) is 8.65. The highest BCUT2D eigenvalue weighted by Gasteiger charge is 2.17. The van der Waals surface area contributed by atoms with Gasteiger partial charge in [-0.3, -0.25) is 0 Å². The van der Waals surface area contributed by atoms with Gasteiger partial charge in [-0.15, -0.1) is 0 Å². The van der Waals surface area contributed by atoms with Crippen LogP contribution < -0.4 is 11.1 Å². The lowest BCUT2D eigenvalue weighted by Gasteiger charge is -2.04. The zero-order chi connectivity index (χ0) is 9.10. The Morgan fingerprint density at radius 1 is 1.62 bits per heavy atom. The van der Waals surface area contributed by atoms with Gasteiger partial charge in [0.15, 0.2) is 5.82 Å². The van der Waals surface area contributed by atoms with Gasteiger partial charge < -0.3 is 15.6 Å². The summed E-state index contributed by atoms with van der Waals surface area (Å²) in [6, 6.07) is 0.506. The highest BCUT2D eigenvalue weighted by Crippen LogP contribution is 2.10. The molecule has 1 unspecified atom stereocenters. The maximum absolute atomic E-state index is 5.37. The van der Waals surface area contributed by atoms with Gasteiger partial charge in [0.25, 0.3) is 0 Å². The average molecular weight is 182 g/mol. The summed E-state index contributed by atoms with van der Waals surface area (Å²) in [7, 11) is 0. The minimum absolute atomic E-state index is 0.349. The second-order valence-electron chi connectivity index (χ2n) is 3.31. The Morgan fingerprint density at radius 2 is 2.54 bits per heavy atom. The van der Waals surface area contributed by atoms with Gasteiger partial charge in [0, 0.05) is 12.5 Å². The largest absolute Gasteiger partial charge is 0.339 e. The Balaban J connectivity index is 1.92. The zero-order valence-electron chi connectivity index (χ0n) is 7.49. The summed E-state index contributed by atoms with van der Waals surface area (Å²) in [6.07, 6.45) is 3.26. The van der Waals surface area contributed by atoms with Crippen LogP contribution >= 0.6 is 0 Å². The van der Waals surface area contributed by atoms with E-state index >= 15 is 0 Å². The van der Waals surface area contributed by atoms with Gasteiger partial charge in [-0.05, 0) is 19.4 Å². The van der Waals surface area contributed by atoms with Crippen LogP contribution in [0.2, 0.25) is 0 Å². The number of rotatable bonds is 3. The highest BCUT2D eigenvalue weighted by molar-refractivity contribution is 4.90. The van der Waals surface area contributed by atoms with Gasteiger partial charge in [0.1, 0.15) is 0 Å². The molecule has 1 fully saturated rings. The first-order valence-electron chi connectivity index (χ1n) is 4.63. The lowest BCUT2D eigenvalue weighted by atomic mass is 10.2. The Hall–Kier alpha value is -0.940. The molecule has 0 aliphatic carbocycles. The molecule has 5 nitrogen and oxygen atoms in total. The fraction of sp³-hybridized carbons (Fsp3) is 0.750. The summed E-state index contributed by atoms with van der Waals surface area (Å²) >= 11 is 0. The van der Waals surface area contributed by atoms with Gasteiger partial charge in [-0.25, -0.2) is 0 Å². The summed E-state index contributed by atoms with van der Waals surface area (Å²) < 4.78 is 5.04. The second-order valence-corrected chi connectivity index (χ2v) is 3.31. The summed E-state index contributed by atoms with van der Waals surface area (Å²) in [5, 5.41) is 7.11. The molecule has 2 rings (SSSR count). The molecule has 0 bridgehead atoms. The van der Waals surface area contributed by atoms with E-state index in [4.69, 9.17) is 10.3 Å². The molecule has 0 aromatic carbocycles. The number of hydrogen-bond acceptors (Lipinski definition) is 5. The molecule has 3 N–H and O–H groups in total. The Kier molecular flexibility index (Phi) is 2.56. The van der Waals surface area contributed by atoms with Gasteiger partial charge in [0.05, 0.1) is 6.54 Å². The predicted octanol–water partition coefficient (Wildman–Crippen LogP) is -0.177. The lowest BCUT2D eigenvalue weighted by Crippen LogP contribution is -2.23. The van der Waals surface area contributed by atoms with Crippen LogP contribution in [-0.2, 0) is 13.0 Å². The third kappa shape index (κ3) is 2.05. The molecular formula is C8H14N4O. The van der Waals surface area contributed by atoms with Crippen molar-refractivity contribution in [2.45, 2.75) is 31.8 Å². The monoisotopic (exact) mass is 182 g/mol. The average Bonchev–Trinajstić information content (AvgIpc) is 2.76. The van der Waals surface area contributed by atoms with Crippen molar-refractivity contribution in [3.8, 4) is 0 Å². The third-order valence-corrected chi connectivity index (χ3v) is 2.28. The minimum Gasteiger partial charge on any atom is -0.339 e. The summed E-state index contributed by atoms with van der Waals surface area (Å²) in [4.78, 5) is 4.15. The van der Waals surface area contributed by atoms with Gasteiger partial charge in [-0.1, -0.05) is 5.16 Å². The number of hydrogen-bond donors (Lipinski definition) is 2. The van der Waals surface area contributed by atoms with E-state index in [2.05, 4.69) is 15.5 Å². The molecule has 72 valence electrons. The Morgan fingerprint density at radius 3 is 3.15 bits per heavy atom. The molecule has 0 saturated carbocycles. The first-order valence-corrected chi connectivity index (χ1v) is 4.63. The second kappa shape index (κ2) is 3.85. The molecule has 1 aromatic heterocycles. The van der Waals surface area contributed by atoms with Crippen LogP contribution in [0.15, 0.2) is 4.52 Å². The van der Waals surface area contributed by atoms with E-state index in [1.165, 1.54) is 12.8 Å². The first-order chi connectivity index (χ1) is 6.38. The molecule has 1 atom stereocenters. The maximum Gasteiger partial charge on any atom is 0.228 e. The molecule has 1 aromatic rings. The molecule has 0 spiro atoms. The fourth-order valence-electron chi connectivity index (χ4n) is 1.60. The molecule has 2 heterocycles. The highest BCUT2D eigenvalue weighted by atomic mass is 16.5. The van der Waals surface area contributed by atoms with Crippen molar-refractivity contribution in [3.05, 3.63) is 11.7 Å². The third-order valence-electron chi connectivity index (χ3n) is 2.28. The van der Waals surface area contributed by atoms with Crippen LogP contribution in [-0.4, -0.2) is 22.7 Å². The Bertz CT molecular complexity index is 267. The molecule has 0 amide bonds. The van der Waals surface area contributed by atoms with E-state index in [0.29, 0.717) is 24.3 Å². The normalized spacial score (nSPS) is 22.4. The van der Waals surface area contributed by atoms with Crippen molar-refractivity contribution in [1.29, 1.82) is 0 Å². The van der Waals surface area contributed by atoms with Crippen LogP contribution in [0.1, 0.15) is 24.6 Å². The van der Waals surface area contributed by atoms with Crippen LogP contribution in [0, 0.1) is 0 Å². The van der Waals surface area contributed by atoms with Crippen molar-refractivity contribution < 1.29 is 4.52 Å². The van der Waals surface area contributed by atoms with Crippen LogP contribution in [0.4, 0.5) is 0 Å². The maximum atomic E-state index is 5.37. The molecular weight excluding hydrogens is 168 g/mol. The number of nitrogens with zero attached hydrogens (tertiary/aromatic N) is 2. The summed E-state index contributed by atoms with van der Waals surface area (Å²) in [5.41, 5.74) is 5.37. The van der Waals surface area contributed by atoms with E-state index in [9.17, 15) is 0 Å². The minimum atomic E-state index is 0.349. The number of nitrogens with two attached hydrogens (primary N) is 1. The standard InChI is InChI=1S/C8H14N4O/c9-5-7-11-8(13-12-7)4-6-2-1-3-10-6/h6,10H,1-5,9H2. The molecule has 1 saturated heterocycles. The summed E-state index contributed by atoms with van der Waals surface area (Å²) in [6.45, 7) is 1.45.